The van der Waals surface area contributed by atoms with Crippen LogP contribution in [0.25, 0.3) is 0 Å². The van der Waals surface area contributed by atoms with Gasteiger partial charge in [0, 0.05) is 36.7 Å². The minimum absolute atomic E-state index is 0.0964. The van der Waals surface area contributed by atoms with E-state index in [9.17, 15) is 9.59 Å². The quantitative estimate of drug-likeness (QED) is 0.693. The zero-order valence-corrected chi connectivity index (χ0v) is 19.4. The number of aromatic nitrogens is 1. The zero-order chi connectivity index (χ0) is 22.6. The first-order valence-corrected chi connectivity index (χ1v) is 10.9. The molecule has 3 amide bonds. The highest BCUT2D eigenvalue weighted by molar-refractivity contribution is 6.36. The van der Waals surface area contributed by atoms with Gasteiger partial charge in [0.05, 0.1) is 22.5 Å². The molecule has 1 saturated heterocycles. The monoisotopic (exact) mass is 463 g/mol. The summed E-state index contributed by atoms with van der Waals surface area (Å²) in [6, 6.07) is 8.35. The second-order valence-electron chi connectivity index (χ2n) is 8.49. The largest absolute Gasteiger partial charge is 0.355 e. The van der Waals surface area contributed by atoms with Crippen molar-refractivity contribution in [3.63, 3.8) is 0 Å². The smallest absolute Gasteiger partial charge is 0.319 e. The minimum Gasteiger partial charge on any atom is -0.355 e. The predicted molar refractivity (Wildman–Crippen MR) is 125 cm³/mol. The lowest BCUT2D eigenvalue weighted by Crippen LogP contribution is -2.43. The van der Waals surface area contributed by atoms with E-state index >= 15 is 0 Å². The molecule has 7 nitrogen and oxygen atoms in total. The van der Waals surface area contributed by atoms with Crippen LogP contribution in [0.2, 0.25) is 10.0 Å². The van der Waals surface area contributed by atoms with Crippen molar-refractivity contribution in [3.05, 3.63) is 52.1 Å². The summed E-state index contributed by atoms with van der Waals surface area (Å²) in [5.74, 6) is 0.710. The summed E-state index contributed by atoms with van der Waals surface area (Å²) < 4.78 is 0. The van der Waals surface area contributed by atoms with Gasteiger partial charge in [0.15, 0.2) is 0 Å². The van der Waals surface area contributed by atoms with Gasteiger partial charge in [-0.2, -0.15) is 0 Å². The third-order valence-corrected chi connectivity index (χ3v) is 5.31. The van der Waals surface area contributed by atoms with E-state index in [1.807, 2.05) is 37.8 Å². The van der Waals surface area contributed by atoms with E-state index in [2.05, 4.69) is 20.5 Å². The fraction of sp³-hybridized carbons (Fsp3) is 0.409. The number of halogens is 2. The highest BCUT2D eigenvalue weighted by Crippen LogP contribution is 2.23. The molecule has 0 radical (unpaired) electrons. The fourth-order valence-corrected chi connectivity index (χ4v) is 3.82. The molecule has 1 aliphatic rings. The van der Waals surface area contributed by atoms with Crippen molar-refractivity contribution in [3.8, 4) is 0 Å². The van der Waals surface area contributed by atoms with Crippen molar-refractivity contribution in [2.75, 3.05) is 36.4 Å². The molecule has 2 N–H and O–H groups in total. The average molecular weight is 464 g/mol. The van der Waals surface area contributed by atoms with Crippen molar-refractivity contribution >= 4 is 46.6 Å². The second-order valence-corrected chi connectivity index (χ2v) is 9.33. The van der Waals surface area contributed by atoms with E-state index in [0.717, 1.165) is 18.8 Å². The summed E-state index contributed by atoms with van der Waals surface area (Å²) >= 11 is 12.1. The molecular weight excluding hydrogens is 437 g/mol. The van der Waals surface area contributed by atoms with Crippen LogP contribution in [0.5, 0.6) is 0 Å². The number of nitrogens with one attached hydrogen (secondary N) is 2. The number of hydrogen-bond acceptors (Lipinski definition) is 4. The van der Waals surface area contributed by atoms with Gasteiger partial charge in [-0.3, -0.25) is 4.79 Å². The van der Waals surface area contributed by atoms with E-state index in [0.29, 0.717) is 40.9 Å². The number of anilines is 2. The number of amides is 3. The molecule has 1 aromatic carbocycles. The van der Waals surface area contributed by atoms with Crippen molar-refractivity contribution in [2.45, 2.75) is 32.7 Å². The molecule has 2 aromatic rings. The van der Waals surface area contributed by atoms with Gasteiger partial charge in [-0.15, -0.1) is 0 Å². The number of rotatable bonds is 3. The average Bonchev–Trinajstić information content (AvgIpc) is 2.93. The molecule has 0 bridgehead atoms. The summed E-state index contributed by atoms with van der Waals surface area (Å²) in [6.07, 6.45) is 2.45. The number of hydrogen-bond donors (Lipinski definition) is 2. The van der Waals surface area contributed by atoms with Crippen LogP contribution in [-0.4, -0.2) is 53.5 Å². The van der Waals surface area contributed by atoms with Crippen LogP contribution in [0, 0.1) is 0 Å². The molecule has 0 saturated carbocycles. The number of carbonyl (C=O) groups is 2. The molecule has 9 heteroatoms. The Bertz CT molecular complexity index is 944. The number of urea groups is 1. The summed E-state index contributed by atoms with van der Waals surface area (Å²) in [4.78, 5) is 33.3. The van der Waals surface area contributed by atoms with Gasteiger partial charge in [0.25, 0.3) is 5.91 Å². The van der Waals surface area contributed by atoms with Crippen molar-refractivity contribution in [2.24, 2.45) is 0 Å². The van der Waals surface area contributed by atoms with Crippen LogP contribution in [0.1, 0.15) is 37.6 Å². The number of benzene rings is 1. The molecule has 1 aromatic heterocycles. The molecule has 0 aliphatic carbocycles. The second kappa shape index (κ2) is 9.75. The Morgan fingerprint density at radius 3 is 2.45 bits per heavy atom. The van der Waals surface area contributed by atoms with Crippen molar-refractivity contribution in [1.29, 1.82) is 0 Å². The van der Waals surface area contributed by atoms with Gasteiger partial charge in [-0.05, 0) is 57.5 Å². The third kappa shape index (κ3) is 6.48. The summed E-state index contributed by atoms with van der Waals surface area (Å²) in [5, 5.41) is 6.50. The number of nitrogens with zero attached hydrogens (tertiary/aromatic N) is 3. The lowest BCUT2D eigenvalue weighted by molar-refractivity contribution is 0.0767. The third-order valence-electron chi connectivity index (χ3n) is 4.76. The Hall–Kier alpha value is -2.51. The van der Waals surface area contributed by atoms with E-state index in [-0.39, 0.29) is 17.5 Å². The molecule has 0 atom stereocenters. The van der Waals surface area contributed by atoms with E-state index < -0.39 is 0 Å². The zero-order valence-electron chi connectivity index (χ0n) is 17.9. The van der Waals surface area contributed by atoms with Crippen LogP contribution in [0.4, 0.5) is 16.3 Å². The van der Waals surface area contributed by atoms with E-state index in [1.54, 1.807) is 24.4 Å². The molecule has 166 valence electrons. The molecule has 1 aliphatic heterocycles. The maximum absolute atomic E-state index is 12.9. The van der Waals surface area contributed by atoms with Crippen LogP contribution in [0.15, 0.2) is 36.5 Å². The van der Waals surface area contributed by atoms with Crippen LogP contribution < -0.4 is 15.5 Å². The maximum atomic E-state index is 12.9. The Morgan fingerprint density at radius 2 is 1.81 bits per heavy atom. The highest BCUT2D eigenvalue weighted by atomic mass is 35.5. The fourth-order valence-electron chi connectivity index (χ4n) is 3.33. The Balaban J connectivity index is 1.60. The first-order valence-electron chi connectivity index (χ1n) is 10.2. The lowest BCUT2D eigenvalue weighted by Gasteiger charge is -2.23. The van der Waals surface area contributed by atoms with E-state index in [4.69, 9.17) is 23.2 Å². The molecule has 2 heterocycles. The van der Waals surface area contributed by atoms with Crippen LogP contribution in [0.3, 0.4) is 0 Å². The molecule has 3 rings (SSSR count). The van der Waals surface area contributed by atoms with Crippen molar-refractivity contribution < 1.29 is 9.59 Å². The van der Waals surface area contributed by atoms with Crippen molar-refractivity contribution in [1.82, 2.24) is 15.2 Å². The van der Waals surface area contributed by atoms with Gasteiger partial charge in [-0.25, -0.2) is 9.78 Å². The standard InChI is InChI=1S/C22H27Cl2N5O2/c1-22(2,3)27-21(31)26-16-6-8-19(25-14-16)28-9-4-10-29(12-11-28)20(30)17-7-5-15(23)13-18(17)24/h5-8,13-14H,4,9-12H2,1-3H3,(H2,26,27,31). The van der Waals surface area contributed by atoms with Crippen LogP contribution >= 0.6 is 23.2 Å². The SMILES string of the molecule is CC(C)(C)NC(=O)Nc1ccc(N2CCCN(C(=O)c3ccc(Cl)cc3Cl)CC2)nc1. The maximum Gasteiger partial charge on any atom is 0.319 e. The highest BCUT2D eigenvalue weighted by Gasteiger charge is 2.23. The molecular formula is C22H27Cl2N5O2. The topological polar surface area (TPSA) is 77.6 Å². The Morgan fingerprint density at radius 1 is 1.03 bits per heavy atom. The number of pyridine rings is 1. The predicted octanol–water partition coefficient (Wildman–Crippen LogP) is 4.66. The summed E-state index contributed by atoms with van der Waals surface area (Å²) in [6.45, 7) is 8.39. The first kappa shape index (κ1) is 23.2. The molecule has 31 heavy (non-hydrogen) atoms. The van der Waals surface area contributed by atoms with Gasteiger partial charge >= 0.3 is 6.03 Å². The van der Waals surface area contributed by atoms with Crippen LogP contribution in [-0.2, 0) is 0 Å². The Kier molecular flexibility index (Phi) is 7.28. The molecule has 0 spiro atoms. The normalized spacial score (nSPS) is 14.7. The molecule has 0 unspecified atom stereocenters. The minimum atomic E-state index is -0.316. The lowest BCUT2D eigenvalue weighted by atomic mass is 10.1. The Labute approximate surface area is 192 Å². The number of carbonyl (C=O) groups excluding carboxylic acids is 2. The summed E-state index contributed by atoms with van der Waals surface area (Å²) in [7, 11) is 0. The summed E-state index contributed by atoms with van der Waals surface area (Å²) in [5.41, 5.74) is 0.763. The molecule has 1 fully saturated rings. The van der Waals surface area contributed by atoms with Gasteiger partial charge in [0.2, 0.25) is 0 Å². The van der Waals surface area contributed by atoms with Gasteiger partial charge in [0.1, 0.15) is 5.82 Å². The first-order chi connectivity index (χ1) is 14.6. The van der Waals surface area contributed by atoms with E-state index in [1.165, 1.54) is 0 Å². The van der Waals surface area contributed by atoms with Gasteiger partial charge in [-0.1, -0.05) is 23.2 Å². The van der Waals surface area contributed by atoms with Gasteiger partial charge < -0.3 is 20.4 Å².